The zero-order chi connectivity index (χ0) is 17.1. The largest absolute Gasteiger partial charge is 0.383 e. The molecular weight excluding hydrogens is 326 g/mol. The summed E-state index contributed by atoms with van der Waals surface area (Å²) in [5.41, 5.74) is 6.36. The molecule has 8 heteroatoms. The highest BCUT2D eigenvalue weighted by atomic mass is 32.1. The number of nitrogen functional groups attached to an aromatic ring is 1. The highest BCUT2D eigenvalue weighted by Crippen LogP contribution is 2.15. The Bertz CT molecular complexity index is 945. The number of nitrogens with one attached hydrogen (secondary N) is 1. The summed E-state index contributed by atoms with van der Waals surface area (Å²) in [6, 6.07) is 9.48. The number of benzene rings is 1. The van der Waals surface area contributed by atoms with E-state index in [0.717, 1.165) is 15.1 Å². The van der Waals surface area contributed by atoms with Crippen LogP contribution in [-0.4, -0.2) is 14.1 Å². The van der Waals surface area contributed by atoms with Crippen molar-refractivity contribution in [1.82, 2.24) is 14.1 Å². The Morgan fingerprint density at radius 2 is 2.00 bits per heavy atom. The van der Waals surface area contributed by atoms with Crippen molar-refractivity contribution in [2.24, 2.45) is 7.05 Å². The smallest absolute Gasteiger partial charge is 0.332 e. The molecule has 124 valence electrons. The molecule has 1 aromatic carbocycles. The molecule has 2 aromatic heterocycles. The van der Waals surface area contributed by atoms with Gasteiger partial charge in [0.05, 0.1) is 13.1 Å². The molecule has 7 nitrogen and oxygen atoms in total. The molecule has 0 unspecified atom stereocenters. The first-order valence-corrected chi connectivity index (χ1v) is 8.21. The standard InChI is InChI=1S/C16H17N5O2S/c1-20-15(22)13(19-9-12-18-7-8-24-12)14(17)21(16(20)23)10-11-5-3-2-4-6-11/h2-8,19H,9-10,17H2,1H3. The first-order chi connectivity index (χ1) is 11.6. The van der Waals surface area contributed by atoms with E-state index in [1.165, 1.54) is 23.0 Å². The van der Waals surface area contributed by atoms with Crippen molar-refractivity contribution in [3.05, 3.63) is 73.3 Å². The van der Waals surface area contributed by atoms with Crippen LogP contribution in [0, 0.1) is 0 Å². The van der Waals surface area contributed by atoms with Crippen LogP contribution in [0.4, 0.5) is 11.5 Å². The minimum Gasteiger partial charge on any atom is -0.383 e. The number of hydrogen-bond acceptors (Lipinski definition) is 6. The van der Waals surface area contributed by atoms with E-state index in [0.29, 0.717) is 13.1 Å². The Balaban J connectivity index is 1.99. The third kappa shape index (κ3) is 3.09. The summed E-state index contributed by atoms with van der Waals surface area (Å²) in [5.74, 6) is 0.128. The van der Waals surface area contributed by atoms with Crippen LogP contribution < -0.4 is 22.3 Å². The van der Waals surface area contributed by atoms with Crippen molar-refractivity contribution in [2.45, 2.75) is 13.1 Å². The van der Waals surface area contributed by atoms with Gasteiger partial charge in [-0.1, -0.05) is 30.3 Å². The molecule has 0 aliphatic heterocycles. The van der Waals surface area contributed by atoms with Crippen LogP contribution in [0.5, 0.6) is 0 Å². The summed E-state index contributed by atoms with van der Waals surface area (Å²) in [4.78, 5) is 28.9. The highest BCUT2D eigenvalue weighted by molar-refractivity contribution is 7.09. The molecule has 0 aliphatic carbocycles. The van der Waals surface area contributed by atoms with Crippen molar-refractivity contribution in [2.75, 3.05) is 11.1 Å². The normalized spacial score (nSPS) is 10.7. The van der Waals surface area contributed by atoms with E-state index >= 15 is 0 Å². The average molecular weight is 343 g/mol. The Morgan fingerprint density at radius 1 is 1.25 bits per heavy atom. The molecule has 0 atom stereocenters. The van der Waals surface area contributed by atoms with Gasteiger partial charge in [-0.25, -0.2) is 9.78 Å². The maximum absolute atomic E-state index is 12.4. The van der Waals surface area contributed by atoms with Gasteiger partial charge in [-0.15, -0.1) is 11.3 Å². The summed E-state index contributed by atoms with van der Waals surface area (Å²) < 4.78 is 2.45. The van der Waals surface area contributed by atoms with Crippen LogP contribution in [0.3, 0.4) is 0 Å². The van der Waals surface area contributed by atoms with Crippen molar-refractivity contribution in [3.63, 3.8) is 0 Å². The fourth-order valence-electron chi connectivity index (χ4n) is 2.37. The van der Waals surface area contributed by atoms with E-state index in [4.69, 9.17) is 5.73 Å². The zero-order valence-electron chi connectivity index (χ0n) is 13.1. The number of anilines is 2. The zero-order valence-corrected chi connectivity index (χ0v) is 13.9. The van der Waals surface area contributed by atoms with Gasteiger partial charge in [-0.2, -0.15) is 0 Å². The fourth-order valence-corrected chi connectivity index (χ4v) is 2.93. The SMILES string of the molecule is Cn1c(=O)c(NCc2nccs2)c(N)n(Cc2ccccc2)c1=O. The van der Waals surface area contributed by atoms with Gasteiger partial charge in [0.1, 0.15) is 16.5 Å². The quantitative estimate of drug-likeness (QED) is 0.727. The molecule has 3 aromatic rings. The minimum atomic E-state index is -0.446. The molecule has 3 rings (SSSR count). The van der Waals surface area contributed by atoms with Crippen LogP contribution >= 0.6 is 11.3 Å². The van der Waals surface area contributed by atoms with E-state index in [1.54, 1.807) is 6.20 Å². The molecule has 24 heavy (non-hydrogen) atoms. The Kier molecular flexibility index (Phi) is 4.48. The average Bonchev–Trinajstić information content (AvgIpc) is 3.11. The second-order valence-corrected chi connectivity index (χ2v) is 6.24. The van der Waals surface area contributed by atoms with Gasteiger partial charge in [-0.3, -0.25) is 13.9 Å². The predicted octanol–water partition coefficient (Wildman–Crippen LogP) is 1.25. The predicted molar refractivity (Wildman–Crippen MR) is 95.3 cm³/mol. The van der Waals surface area contributed by atoms with E-state index in [2.05, 4.69) is 10.3 Å². The van der Waals surface area contributed by atoms with Crippen molar-refractivity contribution in [3.8, 4) is 0 Å². The Hall–Kier alpha value is -2.87. The summed E-state index contributed by atoms with van der Waals surface area (Å²) in [6.45, 7) is 0.673. The second-order valence-electron chi connectivity index (χ2n) is 5.26. The maximum atomic E-state index is 12.4. The van der Waals surface area contributed by atoms with Gasteiger partial charge in [0.2, 0.25) is 0 Å². The molecule has 0 aliphatic rings. The third-order valence-corrected chi connectivity index (χ3v) is 4.45. The fraction of sp³-hybridized carbons (Fsp3) is 0.188. The van der Waals surface area contributed by atoms with E-state index in [9.17, 15) is 9.59 Å². The molecule has 0 amide bonds. The maximum Gasteiger partial charge on any atom is 0.332 e. The summed E-state index contributed by atoms with van der Waals surface area (Å²) >= 11 is 1.48. The monoisotopic (exact) mass is 343 g/mol. The third-order valence-electron chi connectivity index (χ3n) is 3.67. The first-order valence-electron chi connectivity index (χ1n) is 7.33. The van der Waals surface area contributed by atoms with Crippen molar-refractivity contribution < 1.29 is 0 Å². The van der Waals surface area contributed by atoms with Crippen molar-refractivity contribution >= 4 is 22.8 Å². The second kappa shape index (κ2) is 6.71. The number of aromatic nitrogens is 3. The van der Waals surface area contributed by atoms with Crippen LogP contribution in [0.2, 0.25) is 0 Å². The molecule has 2 heterocycles. The Morgan fingerprint density at radius 3 is 2.67 bits per heavy atom. The lowest BCUT2D eigenvalue weighted by Crippen LogP contribution is -2.40. The van der Waals surface area contributed by atoms with E-state index < -0.39 is 11.2 Å². The lowest BCUT2D eigenvalue weighted by Gasteiger charge is -2.15. The molecule has 0 radical (unpaired) electrons. The lowest BCUT2D eigenvalue weighted by molar-refractivity contribution is 0.656. The van der Waals surface area contributed by atoms with Gasteiger partial charge in [0, 0.05) is 18.6 Å². The number of nitrogens with zero attached hydrogens (tertiary/aromatic N) is 3. The molecule has 0 bridgehead atoms. The number of nitrogens with two attached hydrogens (primary N) is 1. The number of thiazole rings is 1. The van der Waals surface area contributed by atoms with Crippen LogP contribution in [-0.2, 0) is 20.1 Å². The summed E-state index contributed by atoms with van der Waals surface area (Å²) in [5, 5.41) is 5.69. The first kappa shape index (κ1) is 16.0. The molecule has 0 saturated carbocycles. The summed E-state index contributed by atoms with van der Waals surface area (Å²) in [7, 11) is 1.44. The van der Waals surface area contributed by atoms with Gasteiger partial charge in [-0.05, 0) is 5.56 Å². The van der Waals surface area contributed by atoms with Gasteiger partial charge in [0.25, 0.3) is 5.56 Å². The molecule has 0 saturated heterocycles. The Labute approximate surface area is 142 Å². The van der Waals surface area contributed by atoms with E-state index in [-0.39, 0.29) is 11.5 Å². The topological polar surface area (TPSA) is 94.9 Å². The van der Waals surface area contributed by atoms with E-state index in [1.807, 2.05) is 35.7 Å². The molecule has 0 spiro atoms. The molecule has 0 fully saturated rings. The number of rotatable bonds is 5. The van der Waals surface area contributed by atoms with Crippen LogP contribution in [0.25, 0.3) is 0 Å². The van der Waals surface area contributed by atoms with Gasteiger partial charge >= 0.3 is 5.69 Å². The van der Waals surface area contributed by atoms with Crippen molar-refractivity contribution in [1.29, 1.82) is 0 Å². The molecular formula is C16H17N5O2S. The molecule has 3 N–H and O–H groups in total. The lowest BCUT2D eigenvalue weighted by atomic mass is 10.2. The summed E-state index contributed by atoms with van der Waals surface area (Å²) in [6.07, 6.45) is 1.69. The van der Waals surface area contributed by atoms with Crippen LogP contribution in [0.1, 0.15) is 10.6 Å². The highest BCUT2D eigenvalue weighted by Gasteiger charge is 2.15. The van der Waals surface area contributed by atoms with Crippen LogP contribution in [0.15, 0.2) is 51.5 Å². The van der Waals surface area contributed by atoms with Gasteiger partial charge < -0.3 is 11.1 Å². The minimum absolute atomic E-state index is 0.128. The number of hydrogen-bond donors (Lipinski definition) is 2. The van der Waals surface area contributed by atoms with Gasteiger partial charge in [0.15, 0.2) is 0 Å².